The van der Waals surface area contributed by atoms with Gasteiger partial charge in [0.1, 0.15) is 24.1 Å². The summed E-state index contributed by atoms with van der Waals surface area (Å²) in [6, 6.07) is 19.6. The van der Waals surface area contributed by atoms with Crippen LogP contribution in [-0.2, 0) is 11.3 Å². The summed E-state index contributed by atoms with van der Waals surface area (Å²) in [4.78, 5) is 33.0. The Hall–Kier alpha value is -4.08. The van der Waals surface area contributed by atoms with E-state index in [0.29, 0.717) is 25.1 Å². The average molecular weight is 474 g/mol. The van der Waals surface area contributed by atoms with Crippen molar-refractivity contribution in [3.05, 3.63) is 78.1 Å². The van der Waals surface area contributed by atoms with Crippen LogP contribution >= 0.6 is 0 Å². The van der Waals surface area contributed by atoms with Crippen molar-refractivity contribution in [3.63, 3.8) is 0 Å². The van der Waals surface area contributed by atoms with Crippen molar-refractivity contribution in [2.45, 2.75) is 13.0 Å². The number of carbonyl (C=O) groups is 2. The normalized spacial score (nSPS) is 10.4. The summed E-state index contributed by atoms with van der Waals surface area (Å²) in [7, 11) is 1.88. The highest BCUT2D eigenvalue weighted by Crippen LogP contribution is 2.27. The highest BCUT2D eigenvalue weighted by molar-refractivity contribution is 5.91. The third-order valence-electron chi connectivity index (χ3n) is 5.19. The zero-order valence-corrected chi connectivity index (χ0v) is 19.8. The molecule has 0 radical (unpaired) electrons. The van der Waals surface area contributed by atoms with Crippen LogP contribution in [0.15, 0.2) is 67.0 Å². The van der Waals surface area contributed by atoms with E-state index in [1.54, 1.807) is 18.5 Å². The lowest BCUT2D eigenvalue weighted by Gasteiger charge is -2.06. The van der Waals surface area contributed by atoms with E-state index in [1.807, 2.05) is 43.4 Å². The molecule has 0 saturated heterocycles. The Morgan fingerprint density at radius 3 is 2.49 bits per heavy atom. The van der Waals surface area contributed by atoms with E-state index < -0.39 is 0 Å². The van der Waals surface area contributed by atoms with Gasteiger partial charge in [-0.2, -0.15) is 0 Å². The van der Waals surface area contributed by atoms with Crippen LogP contribution in [0, 0.1) is 0 Å². The Kier molecular flexibility index (Phi) is 9.91. The van der Waals surface area contributed by atoms with Gasteiger partial charge in [-0.25, -0.2) is 9.97 Å². The van der Waals surface area contributed by atoms with Gasteiger partial charge in [0.25, 0.3) is 0 Å². The zero-order chi connectivity index (χ0) is 24.9. The van der Waals surface area contributed by atoms with Gasteiger partial charge in [0.05, 0.1) is 5.39 Å². The molecule has 9 heteroatoms. The lowest BCUT2D eigenvalue weighted by atomic mass is 10.1. The van der Waals surface area contributed by atoms with E-state index in [1.165, 1.54) is 5.56 Å². The van der Waals surface area contributed by atoms with E-state index in [0.717, 1.165) is 47.5 Å². The van der Waals surface area contributed by atoms with Gasteiger partial charge in [-0.1, -0.05) is 54.6 Å². The number of rotatable bonds is 11. The number of primary amides is 1. The summed E-state index contributed by atoms with van der Waals surface area (Å²) >= 11 is 0. The molecule has 0 bridgehead atoms. The molecule has 6 N–H and O–H groups in total. The molecule has 0 unspecified atom stereocenters. The number of hydrogen-bond donors (Lipinski definition) is 5. The lowest BCUT2D eigenvalue weighted by molar-refractivity contribution is -0.117. The summed E-state index contributed by atoms with van der Waals surface area (Å²) < 4.78 is 0. The van der Waals surface area contributed by atoms with Crippen LogP contribution in [0.1, 0.15) is 22.3 Å². The quantitative estimate of drug-likeness (QED) is 0.167. The number of aromatic nitrogens is 3. The van der Waals surface area contributed by atoms with Gasteiger partial charge < -0.3 is 26.7 Å². The van der Waals surface area contributed by atoms with E-state index >= 15 is 0 Å². The van der Waals surface area contributed by atoms with Crippen molar-refractivity contribution in [1.29, 1.82) is 0 Å². The van der Waals surface area contributed by atoms with Gasteiger partial charge in [0, 0.05) is 43.9 Å². The third-order valence-corrected chi connectivity index (χ3v) is 5.19. The number of fused-ring (bicyclic) bond motifs is 1. The second-order valence-corrected chi connectivity index (χ2v) is 7.82. The minimum Gasteiger partial charge on any atom is -0.370 e. The Balaban J connectivity index is 0.000000292. The van der Waals surface area contributed by atoms with E-state index in [-0.39, 0.29) is 5.91 Å². The minimum atomic E-state index is -0.253. The third kappa shape index (κ3) is 8.02. The van der Waals surface area contributed by atoms with Gasteiger partial charge >= 0.3 is 0 Å². The van der Waals surface area contributed by atoms with Crippen LogP contribution in [0.5, 0.6) is 0 Å². The molecule has 0 aliphatic heterocycles. The Labute approximate surface area is 204 Å². The summed E-state index contributed by atoms with van der Waals surface area (Å²) in [6.07, 6.45) is 2.81. The predicted octanol–water partition coefficient (Wildman–Crippen LogP) is 2.72. The van der Waals surface area contributed by atoms with Gasteiger partial charge in [0.2, 0.25) is 5.91 Å². The number of H-pyrrole nitrogens is 1. The van der Waals surface area contributed by atoms with E-state index in [4.69, 9.17) is 5.73 Å². The number of nitrogens with zero attached hydrogens (tertiary/aromatic N) is 2. The van der Waals surface area contributed by atoms with Crippen molar-refractivity contribution in [2.75, 3.05) is 32.0 Å². The predicted molar refractivity (Wildman–Crippen MR) is 139 cm³/mol. The molecule has 0 fully saturated rings. The fraction of sp³-hybridized carbons (Fsp3) is 0.231. The summed E-state index contributed by atoms with van der Waals surface area (Å²) in [5, 5.41) is 10.3. The second kappa shape index (κ2) is 13.6. The molecule has 4 aromatic rings. The first-order valence-corrected chi connectivity index (χ1v) is 11.4. The number of nitrogens with two attached hydrogens (primary N) is 1. The Morgan fingerprint density at radius 2 is 1.80 bits per heavy atom. The van der Waals surface area contributed by atoms with Crippen molar-refractivity contribution >= 4 is 29.0 Å². The average Bonchev–Trinajstić information content (AvgIpc) is 3.33. The number of benzene rings is 2. The molecule has 0 aliphatic rings. The molecular formula is C26H31N7O2. The van der Waals surface area contributed by atoms with Crippen molar-refractivity contribution in [2.24, 2.45) is 5.73 Å². The van der Waals surface area contributed by atoms with Crippen LogP contribution in [0.3, 0.4) is 0 Å². The first-order chi connectivity index (χ1) is 17.1. The summed E-state index contributed by atoms with van der Waals surface area (Å²) in [5.41, 5.74) is 9.48. The molecule has 2 aromatic carbocycles. The number of amides is 1. The maximum absolute atomic E-state index is 10.8. The number of likely N-dealkylation sites (N-methyl/N-ethyl adjacent to an activating group) is 1. The van der Waals surface area contributed by atoms with Gasteiger partial charge in [-0.3, -0.25) is 9.59 Å². The molecule has 2 aromatic heterocycles. The molecule has 2 heterocycles. The van der Waals surface area contributed by atoms with Gasteiger partial charge in [0.15, 0.2) is 0 Å². The molecule has 1 amide bonds. The van der Waals surface area contributed by atoms with E-state index in [2.05, 4.69) is 43.0 Å². The van der Waals surface area contributed by atoms with Gasteiger partial charge in [-0.05, 0) is 24.2 Å². The van der Waals surface area contributed by atoms with Crippen LogP contribution in [0.25, 0.3) is 22.3 Å². The molecule has 0 atom stereocenters. The lowest BCUT2D eigenvalue weighted by Crippen LogP contribution is -2.28. The van der Waals surface area contributed by atoms with Crippen LogP contribution in [0.2, 0.25) is 0 Å². The SMILES string of the molecule is CNCCNCCC(N)=O.O=Cc1ccc(-c2cc3c(NCc4ccccc4)ncnc3[nH]2)cc1. The van der Waals surface area contributed by atoms with Crippen molar-refractivity contribution in [1.82, 2.24) is 25.6 Å². The second-order valence-electron chi connectivity index (χ2n) is 7.82. The maximum atomic E-state index is 10.8. The fourth-order valence-corrected chi connectivity index (χ4v) is 3.31. The number of carbonyl (C=O) groups excluding carboxylic acids is 2. The molecule has 0 spiro atoms. The molecule has 9 nitrogen and oxygen atoms in total. The minimum absolute atomic E-state index is 0.253. The zero-order valence-electron chi connectivity index (χ0n) is 19.8. The van der Waals surface area contributed by atoms with Crippen LogP contribution < -0.4 is 21.7 Å². The number of hydrogen-bond acceptors (Lipinski definition) is 7. The maximum Gasteiger partial charge on any atom is 0.218 e. The summed E-state index contributed by atoms with van der Waals surface area (Å²) in [5.74, 6) is 0.540. The highest BCUT2D eigenvalue weighted by Gasteiger charge is 2.09. The highest BCUT2D eigenvalue weighted by atomic mass is 16.1. The molecular weight excluding hydrogens is 442 g/mol. The number of anilines is 1. The number of aromatic amines is 1. The molecule has 4 rings (SSSR count). The Morgan fingerprint density at radius 1 is 1.03 bits per heavy atom. The molecule has 0 aliphatic carbocycles. The first kappa shape index (κ1) is 25.5. The summed E-state index contributed by atoms with van der Waals surface area (Å²) in [6.45, 7) is 3.17. The molecule has 182 valence electrons. The number of nitrogens with one attached hydrogen (secondary N) is 4. The largest absolute Gasteiger partial charge is 0.370 e. The van der Waals surface area contributed by atoms with E-state index in [9.17, 15) is 9.59 Å². The molecule has 35 heavy (non-hydrogen) atoms. The first-order valence-electron chi connectivity index (χ1n) is 11.4. The Bertz CT molecular complexity index is 1210. The van der Waals surface area contributed by atoms with Crippen LogP contribution in [-0.4, -0.2) is 53.8 Å². The van der Waals surface area contributed by atoms with Crippen molar-refractivity contribution in [3.8, 4) is 11.3 Å². The van der Waals surface area contributed by atoms with Crippen LogP contribution in [0.4, 0.5) is 5.82 Å². The fourth-order valence-electron chi connectivity index (χ4n) is 3.31. The topological polar surface area (TPSA) is 138 Å². The molecule has 0 saturated carbocycles. The number of aldehydes is 1. The smallest absolute Gasteiger partial charge is 0.218 e. The monoisotopic (exact) mass is 473 g/mol. The standard InChI is InChI=1S/C20H16N4O.C6H15N3O/c25-12-15-6-8-16(9-7-15)18-10-17-19(22-13-23-20(17)24-18)21-11-14-4-2-1-3-5-14;1-8-4-5-9-3-2-6(7)10/h1-10,12-13H,11H2,(H2,21,22,23,24);8-9H,2-5H2,1H3,(H2,7,10). The van der Waals surface area contributed by atoms with Gasteiger partial charge in [-0.15, -0.1) is 0 Å². The van der Waals surface area contributed by atoms with Crippen molar-refractivity contribution < 1.29 is 9.59 Å².